The summed E-state index contributed by atoms with van der Waals surface area (Å²) in [6.45, 7) is 5.65. The molecule has 0 aromatic heterocycles. The summed E-state index contributed by atoms with van der Waals surface area (Å²) < 4.78 is 26.7. The number of hydrogen-bond acceptors (Lipinski definition) is 4. The maximum absolute atomic E-state index is 12.1. The highest BCUT2D eigenvalue weighted by atomic mass is 32.2. The number of hydrogen-bond donors (Lipinski definition) is 2. The van der Waals surface area contributed by atoms with E-state index in [1.807, 2.05) is 19.9 Å². The molecule has 0 saturated heterocycles. The van der Waals surface area contributed by atoms with Crippen LogP contribution in [0.15, 0.2) is 23.1 Å². The third kappa shape index (κ3) is 3.22. The van der Waals surface area contributed by atoms with Crippen molar-refractivity contribution in [1.29, 1.82) is 5.26 Å². The number of anilines is 1. The lowest BCUT2D eigenvalue weighted by Crippen LogP contribution is -2.36. The van der Waals surface area contributed by atoms with Gasteiger partial charge in [-0.15, -0.1) is 0 Å². The summed E-state index contributed by atoms with van der Waals surface area (Å²) in [7, 11) is -3.64. The van der Waals surface area contributed by atoms with Crippen LogP contribution in [0.3, 0.4) is 0 Å². The zero-order valence-corrected chi connectivity index (χ0v) is 11.5. The summed E-state index contributed by atoms with van der Waals surface area (Å²) in [4.78, 5) is 0.00833. The van der Waals surface area contributed by atoms with Crippen LogP contribution in [-0.4, -0.2) is 14.5 Å². The van der Waals surface area contributed by atoms with E-state index in [-0.39, 0.29) is 22.5 Å². The molecule has 6 heteroatoms. The summed E-state index contributed by atoms with van der Waals surface area (Å²) in [5.74, 6) is 0.180. The molecule has 0 heterocycles. The van der Waals surface area contributed by atoms with Crippen molar-refractivity contribution in [1.82, 2.24) is 4.72 Å². The number of nitriles is 1. The van der Waals surface area contributed by atoms with Gasteiger partial charge in [0.1, 0.15) is 4.90 Å². The number of rotatable bonds is 4. The van der Waals surface area contributed by atoms with Crippen molar-refractivity contribution in [2.24, 2.45) is 5.92 Å². The Labute approximate surface area is 108 Å². The zero-order valence-electron chi connectivity index (χ0n) is 10.6. The molecule has 0 bridgehead atoms. The van der Waals surface area contributed by atoms with Gasteiger partial charge in [0.15, 0.2) is 0 Å². The molecule has 0 fully saturated rings. The molecule has 3 N–H and O–H groups in total. The molecule has 0 amide bonds. The first-order valence-corrected chi connectivity index (χ1v) is 7.08. The molecule has 0 aliphatic heterocycles. The van der Waals surface area contributed by atoms with Gasteiger partial charge in [-0.25, -0.2) is 13.1 Å². The molecular formula is C12H17N3O2S. The van der Waals surface area contributed by atoms with E-state index >= 15 is 0 Å². The van der Waals surface area contributed by atoms with Crippen LogP contribution in [0.1, 0.15) is 26.3 Å². The minimum absolute atomic E-state index is 0.00833. The van der Waals surface area contributed by atoms with E-state index in [1.54, 1.807) is 6.92 Å². The number of nitrogens with zero attached hydrogens (tertiary/aromatic N) is 1. The fraction of sp³-hybridized carbons (Fsp3) is 0.417. The standard InChI is InChI=1S/C12H17N3O2S/c1-8(2)9(3)15-18(16,17)12-5-4-10(7-13)6-11(12)14/h4-6,8-9,15H,14H2,1-3H3. The predicted octanol–water partition coefficient (Wildman–Crippen LogP) is 1.46. The summed E-state index contributed by atoms with van der Waals surface area (Å²) >= 11 is 0. The molecule has 5 nitrogen and oxygen atoms in total. The third-order valence-corrected chi connectivity index (χ3v) is 4.40. The van der Waals surface area contributed by atoms with Crippen molar-refractivity contribution in [3.8, 4) is 6.07 Å². The van der Waals surface area contributed by atoms with Gasteiger partial charge in [0.25, 0.3) is 0 Å². The topological polar surface area (TPSA) is 96.0 Å². The van der Waals surface area contributed by atoms with Crippen LogP contribution in [0, 0.1) is 17.2 Å². The molecule has 1 unspecified atom stereocenters. The number of benzene rings is 1. The van der Waals surface area contributed by atoms with Gasteiger partial charge in [-0.3, -0.25) is 0 Å². The highest BCUT2D eigenvalue weighted by Crippen LogP contribution is 2.20. The van der Waals surface area contributed by atoms with Gasteiger partial charge in [-0.2, -0.15) is 5.26 Å². The molecule has 98 valence electrons. The molecule has 18 heavy (non-hydrogen) atoms. The normalized spacial score (nSPS) is 13.3. The average Bonchev–Trinajstić information content (AvgIpc) is 2.27. The Morgan fingerprint density at radius 2 is 1.94 bits per heavy atom. The quantitative estimate of drug-likeness (QED) is 0.807. The van der Waals surface area contributed by atoms with Crippen molar-refractivity contribution in [3.05, 3.63) is 23.8 Å². The minimum Gasteiger partial charge on any atom is -0.398 e. The molecule has 0 spiro atoms. The first kappa shape index (κ1) is 14.5. The first-order valence-electron chi connectivity index (χ1n) is 5.60. The zero-order chi connectivity index (χ0) is 13.9. The number of nitrogens with one attached hydrogen (secondary N) is 1. The Bertz CT molecular complexity index is 573. The number of sulfonamides is 1. The Hall–Kier alpha value is -1.58. The van der Waals surface area contributed by atoms with Crippen LogP contribution in [0.2, 0.25) is 0 Å². The van der Waals surface area contributed by atoms with Gasteiger partial charge < -0.3 is 5.73 Å². The number of nitrogen functional groups attached to an aromatic ring is 1. The smallest absolute Gasteiger partial charge is 0.242 e. The largest absolute Gasteiger partial charge is 0.398 e. The van der Waals surface area contributed by atoms with E-state index in [0.717, 1.165) is 0 Å². The summed E-state index contributed by atoms with van der Waals surface area (Å²) in [5, 5.41) is 8.70. The fourth-order valence-electron chi connectivity index (χ4n) is 1.31. The number of nitrogens with two attached hydrogens (primary N) is 1. The van der Waals surface area contributed by atoms with Crippen LogP contribution < -0.4 is 10.5 Å². The lowest BCUT2D eigenvalue weighted by Gasteiger charge is -2.18. The molecular weight excluding hydrogens is 250 g/mol. The van der Waals surface area contributed by atoms with Crippen molar-refractivity contribution in [3.63, 3.8) is 0 Å². The molecule has 1 aromatic carbocycles. The van der Waals surface area contributed by atoms with Crippen molar-refractivity contribution in [2.75, 3.05) is 5.73 Å². The van der Waals surface area contributed by atoms with Gasteiger partial charge in [0.2, 0.25) is 10.0 Å². The fourth-order valence-corrected chi connectivity index (χ4v) is 2.81. The minimum atomic E-state index is -3.64. The molecule has 0 radical (unpaired) electrons. The molecule has 0 aliphatic rings. The average molecular weight is 267 g/mol. The molecule has 1 aromatic rings. The lowest BCUT2D eigenvalue weighted by molar-refractivity contribution is 0.476. The third-order valence-electron chi connectivity index (χ3n) is 2.77. The van der Waals surface area contributed by atoms with Crippen LogP contribution in [-0.2, 0) is 10.0 Å². The maximum Gasteiger partial charge on any atom is 0.242 e. The van der Waals surface area contributed by atoms with Gasteiger partial charge in [-0.1, -0.05) is 13.8 Å². The van der Waals surface area contributed by atoms with Gasteiger partial charge in [0, 0.05) is 6.04 Å². The predicted molar refractivity (Wildman–Crippen MR) is 70.2 cm³/mol. The monoisotopic (exact) mass is 267 g/mol. The van der Waals surface area contributed by atoms with Crippen molar-refractivity contribution in [2.45, 2.75) is 31.7 Å². The van der Waals surface area contributed by atoms with E-state index in [2.05, 4.69) is 4.72 Å². The van der Waals surface area contributed by atoms with E-state index in [9.17, 15) is 8.42 Å². The lowest BCUT2D eigenvalue weighted by atomic mass is 10.1. The molecule has 0 saturated carbocycles. The Kier molecular flexibility index (Phi) is 4.33. The van der Waals surface area contributed by atoms with Gasteiger partial charge in [0.05, 0.1) is 17.3 Å². The summed E-state index contributed by atoms with van der Waals surface area (Å²) in [6, 6.07) is 5.86. The van der Waals surface area contributed by atoms with E-state index in [1.165, 1.54) is 18.2 Å². The second kappa shape index (κ2) is 5.38. The Balaban J connectivity index is 3.10. The molecule has 1 atom stereocenters. The highest BCUT2D eigenvalue weighted by molar-refractivity contribution is 7.89. The van der Waals surface area contributed by atoms with Gasteiger partial charge >= 0.3 is 0 Å². The van der Waals surface area contributed by atoms with E-state index in [4.69, 9.17) is 11.0 Å². The first-order chi connectivity index (χ1) is 8.27. The van der Waals surface area contributed by atoms with Crippen molar-refractivity contribution < 1.29 is 8.42 Å². The van der Waals surface area contributed by atoms with Crippen LogP contribution >= 0.6 is 0 Å². The van der Waals surface area contributed by atoms with Crippen LogP contribution in [0.5, 0.6) is 0 Å². The second-order valence-electron chi connectivity index (χ2n) is 4.52. The SMILES string of the molecule is CC(C)C(C)NS(=O)(=O)c1ccc(C#N)cc1N. The van der Waals surface area contributed by atoms with E-state index < -0.39 is 10.0 Å². The van der Waals surface area contributed by atoms with Crippen molar-refractivity contribution >= 4 is 15.7 Å². The van der Waals surface area contributed by atoms with E-state index in [0.29, 0.717) is 5.56 Å². The maximum atomic E-state index is 12.1. The Morgan fingerprint density at radius 3 is 2.39 bits per heavy atom. The summed E-state index contributed by atoms with van der Waals surface area (Å²) in [6.07, 6.45) is 0. The highest BCUT2D eigenvalue weighted by Gasteiger charge is 2.21. The molecule has 1 rings (SSSR count). The van der Waals surface area contributed by atoms with Crippen LogP contribution in [0.4, 0.5) is 5.69 Å². The summed E-state index contributed by atoms with van der Waals surface area (Å²) in [5.41, 5.74) is 6.08. The second-order valence-corrected chi connectivity index (χ2v) is 6.20. The molecule has 0 aliphatic carbocycles. The van der Waals surface area contributed by atoms with Gasteiger partial charge in [-0.05, 0) is 31.0 Å². The van der Waals surface area contributed by atoms with Crippen LogP contribution in [0.25, 0.3) is 0 Å². The Morgan fingerprint density at radius 1 is 1.33 bits per heavy atom.